The van der Waals surface area contributed by atoms with Crippen molar-refractivity contribution in [3.63, 3.8) is 0 Å². The second-order valence-corrected chi connectivity index (χ2v) is 10.2. The molecule has 4 rings (SSSR count). The van der Waals surface area contributed by atoms with Crippen LogP contribution in [0.5, 0.6) is 0 Å². The van der Waals surface area contributed by atoms with Gasteiger partial charge in [-0.05, 0) is 34.9 Å². The van der Waals surface area contributed by atoms with Crippen LogP contribution in [0.25, 0.3) is 0 Å². The molecule has 0 aliphatic carbocycles. The zero-order valence-electron chi connectivity index (χ0n) is 22.5. The van der Waals surface area contributed by atoms with Gasteiger partial charge in [-0.1, -0.05) is 111 Å². The number of carbonyl (C=O) groups excluding carboxylic acids is 1. The molecule has 1 heterocycles. The molecule has 0 spiro atoms. The first kappa shape index (κ1) is 28.0. The van der Waals surface area contributed by atoms with Crippen molar-refractivity contribution in [3.8, 4) is 0 Å². The maximum atomic E-state index is 13.2. The van der Waals surface area contributed by atoms with Crippen molar-refractivity contribution in [3.05, 3.63) is 108 Å². The Morgan fingerprint density at radius 1 is 0.763 bits per heavy atom. The summed E-state index contributed by atoms with van der Waals surface area (Å²) in [6, 6.07) is 30.0. The first-order chi connectivity index (χ1) is 18.6. The lowest BCUT2D eigenvalue weighted by atomic mass is 9.84. The van der Waals surface area contributed by atoms with Crippen LogP contribution in [0.4, 0.5) is 0 Å². The molecule has 1 aliphatic heterocycles. The predicted octanol–water partition coefficient (Wildman–Crippen LogP) is 6.74. The van der Waals surface area contributed by atoms with Crippen molar-refractivity contribution in [2.45, 2.75) is 71.2 Å². The second kappa shape index (κ2) is 14.8. The Labute approximate surface area is 227 Å². The summed E-state index contributed by atoms with van der Waals surface area (Å²) in [6.45, 7) is 6.09. The molecular formula is C33H40O5. The van der Waals surface area contributed by atoms with Crippen LogP contribution in [0.2, 0.25) is 0 Å². The average Bonchev–Trinajstić information content (AvgIpc) is 2.96. The highest BCUT2D eigenvalue weighted by Crippen LogP contribution is 2.31. The van der Waals surface area contributed by atoms with Gasteiger partial charge in [0.2, 0.25) is 0 Å². The highest BCUT2D eigenvalue weighted by molar-refractivity contribution is 5.74. The van der Waals surface area contributed by atoms with E-state index in [0.717, 1.165) is 29.5 Å². The van der Waals surface area contributed by atoms with Gasteiger partial charge in [-0.15, -0.1) is 0 Å². The molecule has 3 aromatic rings. The summed E-state index contributed by atoms with van der Waals surface area (Å²) in [5, 5.41) is 0. The van der Waals surface area contributed by atoms with E-state index in [2.05, 4.69) is 26.0 Å². The average molecular weight is 517 g/mol. The molecule has 0 saturated carbocycles. The Hall–Kier alpha value is -2.99. The molecule has 0 N–H and O–H groups in total. The monoisotopic (exact) mass is 516 g/mol. The van der Waals surface area contributed by atoms with Crippen molar-refractivity contribution in [2.75, 3.05) is 6.61 Å². The van der Waals surface area contributed by atoms with Gasteiger partial charge >= 0.3 is 5.97 Å². The molecule has 3 aromatic carbocycles. The number of rotatable bonds is 11. The van der Waals surface area contributed by atoms with E-state index in [9.17, 15) is 4.79 Å². The first-order valence-corrected chi connectivity index (χ1v) is 13.8. The Morgan fingerprint density at radius 3 is 1.74 bits per heavy atom. The standard InChI is InChI=1S/C33H40O5/c1-3-25(2)29-19-30(35-21-26-13-7-4-8-14-26)31(36-22-27-15-9-5-10-16-27)20-32(37-24-29)33(34)38-23-28-17-11-6-12-18-28/h4-18,25,29-32H,3,19-24H2,1-2H3/t25?,29-,30+,31+,32+/m1/s1. The maximum absolute atomic E-state index is 13.2. The van der Waals surface area contributed by atoms with Gasteiger partial charge in [0, 0.05) is 6.42 Å². The second-order valence-electron chi connectivity index (χ2n) is 10.2. The van der Waals surface area contributed by atoms with Crippen LogP contribution >= 0.6 is 0 Å². The van der Waals surface area contributed by atoms with Crippen LogP contribution in [0.15, 0.2) is 91.0 Å². The molecule has 1 fully saturated rings. The van der Waals surface area contributed by atoms with Gasteiger partial charge in [-0.2, -0.15) is 0 Å². The Balaban J connectivity index is 1.53. The summed E-state index contributed by atoms with van der Waals surface area (Å²) < 4.78 is 25.0. The highest BCUT2D eigenvalue weighted by Gasteiger charge is 2.37. The van der Waals surface area contributed by atoms with Crippen LogP contribution in [0, 0.1) is 11.8 Å². The van der Waals surface area contributed by atoms with Crippen molar-refractivity contribution in [1.82, 2.24) is 0 Å². The SMILES string of the molecule is CCC(C)[C@H]1CO[C@H](C(=O)OCc2ccccc2)C[C@H](OCc2ccccc2)[C@@H](OCc2ccccc2)C1. The Morgan fingerprint density at radius 2 is 1.24 bits per heavy atom. The van der Waals surface area contributed by atoms with E-state index in [-0.39, 0.29) is 30.7 Å². The minimum atomic E-state index is -0.714. The highest BCUT2D eigenvalue weighted by atomic mass is 16.6. The van der Waals surface area contributed by atoms with E-state index in [1.807, 2.05) is 78.9 Å². The number of carbonyl (C=O) groups is 1. The summed E-state index contributed by atoms with van der Waals surface area (Å²) >= 11 is 0. The summed E-state index contributed by atoms with van der Waals surface area (Å²) in [4.78, 5) is 13.2. The zero-order valence-corrected chi connectivity index (χ0v) is 22.5. The molecule has 5 nitrogen and oxygen atoms in total. The molecule has 1 aliphatic rings. The fourth-order valence-electron chi connectivity index (χ4n) is 4.81. The molecule has 5 atom stereocenters. The normalized spacial score (nSPS) is 22.7. The minimum Gasteiger partial charge on any atom is -0.459 e. The Bertz CT molecular complexity index is 1070. The lowest BCUT2D eigenvalue weighted by Gasteiger charge is -2.37. The Kier molecular flexibility index (Phi) is 10.9. The first-order valence-electron chi connectivity index (χ1n) is 13.8. The maximum Gasteiger partial charge on any atom is 0.335 e. The molecule has 0 radical (unpaired) electrons. The van der Waals surface area contributed by atoms with E-state index in [0.29, 0.717) is 32.2 Å². The fourth-order valence-corrected chi connectivity index (χ4v) is 4.81. The number of ether oxygens (including phenoxy) is 4. The molecule has 38 heavy (non-hydrogen) atoms. The summed E-state index contributed by atoms with van der Waals surface area (Å²) in [5.41, 5.74) is 3.15. The van der Waals surface area contributed by atoms with Gasteiger partial charge in [-0.25, -0.2) is 4.79 Å². The van der Waals surface area contributed by atoms with Crippen LogP contribution < -0.4 is 0 Å². The van der Waals surface area contributed by atoms with Gasteiger partial charge in [-0.3, -0.25) is 0 Å². The molecule has 0 amide bonds. The van der Waals surface area contributed by atoms with Crippen molar-refractivity contribution >= 4 is 5.97 Å². The summed E-state index contributed by atoms with van der Waals surface area (Å²) in [7, 11) is 0. The molecule has 0 aromatic heterocycles. The summed E-state index contributed by atoms with van der Waals surface area (Å²) in [5.74, 6) is 0.314. The third-order valence-electron chi connectivity index (χ3n) is 7.46. The number of hydrogen-bond donors (Lipinski definition) is 0. The van der Waals surface area contributed by atoms with Crippen molar-refractivity contribution in [2.24, 2.45) is 11.8 Å². The van der Waals surface area contributed by atoms with Gasteiger partial charge in [0.05, 0.1) is 32.0 Å². The lowest BCUT2D eigenvalue weighted by Crippen LogP contribution is -2.44. The van der Waals surface area contributed by atoms with Gasteiger partial charge in [0.15, 0.2) is 6.10 Å². The molecule has 5 heteroatoms. The molecule has 202 valence electrons. The van der Waals surface area contributed by atoms with Crippen LogP contribution in [0.1, 0.15) is 49.8 Å². The van der Waals surface area contributed by atoms with Gasteiger partial charge < -0.3 is 18.9 Å². The number of hydrogen-bond acceptors (Lipinski definition) is 5. The number of benzene rings is 3. The van der Waals surface area contributed by atoms with Crippen LogP contribution in [-0.2, 0) is 43.6 Å². The van der Waals surface area contributed by atoms with Crippen LogP contribution in [0.3, 0.4) is 0 Å². The third-order valence-corrected chi connectivity index (χ3v) is 7.46. The lowest BCUT2D eigenvalue weighted by molar-refractivity contribution is -0.174. The van der Waals surface area contributed by atoms with E-state index < -0.39 is 6.10 Å². The smallest absolute Gasteiger partial charge is 0.335 e. The van der Waals surface area contributed by atoms with Crippen molar-refractivity contribution < 1.29 is 23.7 Å². The van der Waals surface area contributed by atoms with Crippen molar-refractivity contribution in [1.29, 1.82) is 0 Å². The largest absolute Gasteiger partial charge is 0.459 e. The van der Waals surface area contributed by atoms with E-state index in [4.69, 9.17) is 18.9 Å². The van der Waals surface area contributed by atoms with Gasteiger partial charge in [0.1, 0.15) is 6.61 Å². The molecule has 1 saturated heterocycles. The van der Waals surface area contributed by atoms with Gasteiger partial charge in [0.25, 0.3) is 0 Å². The third kappa shape index (κ3) is 8.52. The van der Waals surface area contributed by atoms with E-state index in [1.165, 1.54) is 0 Å². The quantitative estimate of drug-likeness (QED) is 0.264. The molecular weight excluding hydrogens is 476 g/mol. The van der Waals surface area contributed by atoms with Crippen LogP contribution in [-0.4, -0.2) is 30.9 Å². The number of esters is 1. The fraction of sp³-hybridized carbons (Fsp3) is 0.424. The minimum absolute atomic E-state index is 0.175. The molecule has 1 unspecified atom stereocenters. The molecule has 0 bridgehead atoms. The zero-order chi connectivity index (χ0) is 26.6. The van der Waals surface area contributed by atoms with E-state index >= 15 is 0 Å². The van der Waals surface area contributed by atoms with E-state index in [1.54, 1.807) is 0 Å². The topological polar surface area (TPSA) is 54.0 Å². The predicted molar refractivity (Wildman–Crippen MR) is 148 cm³/mol. The summed E-state index contributed by atoms with van der Waals surface area (Å²) in [6.07, 6.45) is 1.01.